The number of hydrogen-bond acceptors (Lipinski definition) is 2. The molecule has 2 rings (SSSR count). The zero-order valence-corrected chi connectivity index (χ0v) is 9.89. The van der Waals surface area contributed by atoms with Crippen molar-refractivity contribution in [2.24, 2.45) is 0 Å². The lowest BCUT2D eigenvalue weighted by Crippen LogP contribution is -2.09. The Kier molecular flexibility index (Phi) is 3.05. The van der Waals surface area contributed by atoms with Crippen LogP contribution in [0.3, 0.4) is 0 Å². The molecular formula is C11H9BrN2O2. The molecule has 0 spiro atoms. The van der Waals surface area contributed by atoms with E-state index in [1.54, 1.807) is 29.1 Å². The van der Waals surface area contributed by atoms with Gasteiger partial charge in [-0.3, -0.25) is 4.98 Å². The van der Waals surface area contributed by atoms with E-state index in [0.717, 1.165) is 10.2 Å². The number of pyridine rings is 1. The van der Waals surface area contributed by atoms with Gasteiger partial charge in [0, 0.05) is 16.9 Å². The number of aromatic carboxylic acids is 1. The molecular weight excluding hydrogens is 272 g/mol. The highest BCUT2D eigenvalue weighted by molar-refractivity contribution is 9.10. The summed E-state index contributed by atoms with van der Waals surface area (Å²) < 4.78 is 2.56. The number of rotatable bonds is 3. The molecule has 0 saturated heterocycles. The first-order chi connectivity index (χ1) is 7.66. The molecule has 16 heavy (non-hydrogen) atoms. The van der Waals surface area contributed by atoms with Gasteiger partial charge in [0.05, 0.1) is 12.2 Å². The van der Waals surface area contributed by atoms with Gasteiger partial charge in [0.1, 0.15) is 5.69 Å². The molecule has 2 aromatic heterocycles. The summed E-state index contributed by atoms with van der Waals surface area (Å²) in [4.78, 5) is 15.1. The van der Waals surface area contributed by atoms with E-state index in [9.17, 15) is 4.79 Å². The van der Waals surface area contributed by atoms with Gasteiger partial charge in [-0.2, -0.15) is 0 Å². The summed E-state index contributed by atoms with van der Waals surface area (Å²) in [5.41, 5.74) is 1.09. The van der Waals surface area contributed by atoms with Crippen LogP contribution in [0.2, 0.25) is 0 Å². The van der Waals surface area contributed by atoms with Crippen molar-refractivity contribution < 1.29 is 9.90 Å². The van der Waals surface area contributed by atoms with Crippen LogP contribution in [0.5, 0.6) is 0 Å². The van der Waals surface area contributed by atoms with Crippen LogP contribution in [0, 0.1) is 0 Å². The van der Waals surface area contributed by atoms with Crippen LogP contribution >= 0.6 is 15.9 Å². The highest BCUT2D eigenvalue weighted by atomic mass is 79.9. The van der Waals surface area contributed by atoms with Gasteiger partial charge < -0.3 is 9.67 Å². The Balaban J connectivity index is 2.23. The molecule has 0 unspecified atom stereocenters. The smallest absolute Gasteiger partial charge is 0.352 e. The van der Waals surface area contributed by atoms with Crippen LogP contribution in [0.4, 0.5) is 0 Å². The summed E-state index contributed by atoms with van der Waals surface area (Å²) in [6.07, 6.45) is 3.42. The third kappa shape index (κ3) is 2.30. The fourth-order valence-electron chi connectivity index (χ4n) is 1.42. The van der Waals surface area contributed by atoms with Gasteiger partial charge in [-0.05, 0) is 40.2 Å². The molecule has 0 radical (unpaired) electrons. The lowest BCUT2D eigenvalue weighted by Gasteiger charge is -2.05. The average Bonchev–Trinajstić information content (AvgIpc) is 2.69. The van der Waals surface area contributed by atoms with E-state index in [4.69, 9.17) is 5.11 Å². The Morgan fingerprint density at radius 1 is 1.44 bits per heavy atom. The Hall–Kier alpha value is -1.62. The zero-order chi connectivity index (χ0) is 11.5. The van der Waals surface area contributed by atoms with Crippen molar-refractivity contribution in [2.45, 2.75) is 6.54 Å². The van der Waals surface area contributed by atoms with Crippen LogP contribution in [0.1, 0.15) is 16.2 Å². The fourth-order valence-corrected chi connectivity index (χ4v) is 1.66. The van der Waals surface area contributed by atoms with E-state index in [2.05, 4.69) is 20.9 Å². The molecule has 2 aromatic rings. The molecule has 0 fully saturated rings. The summed E-state index contributed by atoms with van der Waals surface area (Å²) in [7, 11) is 0. The topological polar surface area (TPSA) is 55.1 Å². The molecule has 0 aromatic carbocycles. The summed E-state index contributed by atoms with van der Waals surface area (Å²) in [6.45, 7) is 0.460. The molecule has 0 bridgehead atoms. The minimum absolute atomic E-state index is 0.268. The second kappa shape index (κ2) is 4.49. The molecule has 0 aliphatic rings. The Morgan fingerprint density at radius 2 is 2.25 bits per heavy atom. The summed E-state index contributed by atoms with van der Waals surface area (Å²) in [5.74, 6) is -0.929. The number of hydrogen-bond donors (Lipinski definition) is 1. The molecule has 0 saturated carbocycles. The molecule has 82 valence electrons. The van der Waals surface area contributed by atoms with Gasteiger partial charge >= 0.3 is 5.97 Å². The van der Waals surface area contributed by atoms with E-state index in [1.165, 1.54) is 0 Å². The lowest BCUT2D eigenvalue weighted by molar-refractivity contribution is 0.0685. The summed E-state index contributed by atoms with van der Waals surface area (Å²) in [5, 5.41) is 8.93. The van der Waals surface area contributed by atoms with Gasteiger partial charge in [-0.15, -0.1) is 0 Å². The van der Waals surface area contributed by atoms with Crippen molar-refractivity contribution in [3.63, 3.8) is 0 Å². The molecule has 0 aliphatic heterocycles. The van der Waals surface area contributed by atoms with Gasteiger partial charge in [-0.25, -0.2) is 4.79 Å². The first-order valence-electron chi connectivity index (χ1n) is 4.65. The highest BCUT2D eigenvalue weighted by Crippen LogP contribution is 2.10. The van der Waals surface area contributed by atoms with E-state index < -0.39 is 5.97 Å². The lowest BCUT2D eigenvalue weighted by atomic mass is 10.3. The van der Waals surface area contributed by atoms with Gasteiger partial charge in [-0.1, -0.05) is 0 Å². The number of aromatic nitrogens is 2. The van der Waals surface area contributed by atoms with Gasteiger partial charge in [0.15, 0.2) is 0 Å². The normalized spacial score (nSPS) is 10.3. The molecule has 0 aliphatic carbocycles. The minimum atomic E-state index is -0.929. The van der Waals surface area contributed by atoms with Crippen molar-refractivity contribution in [2.75, 3.05) is 0 Å². The second-order valence-corrected chi connectivity index (χ2v) is 4.21. The Bertz CT molecular complexity index is 505. The molecule has 1 N–H and O–H groups in total. The van der Waals surface area contributed by atoms with E-state index in [-0.39, 0.29) is 5.69 Å². The largest absolute Gasteiger partial charge is 0.477 e. The molecule has 0 amide bonds. The third-order valence-electron chi connectivity index (χ3n) is 2.17. The van der Waals surface area contributed by atoms with E-state index in [1.807, 2.05) is 12.1 Å². The monoisotopic (exact) mass is 280 g/mol. The molecule has 2 heterocycles. The highest BCUT2D eigenvalue weighted by Gasteiger charge is 2.08. The Morgan fingerprint density at radius 3 is 2.88 bits per heavy atom. The summed E-state index contributed by atoms with van der Waals surface area (Å²) >= 11 is 3.30. The number of halogens is 1. The van der Waals surface area contributed by atoms with Gasteiger partial charge in [0.25, 0.3) is 0 Å². The summed E-state index contributed by atoms with van der Waals surface area (Å²) in [6, 6.07) is 7.02. The maximum atomic E-state index is 10.9. The first-order valence-corrected chi connectivity index (χ1v) is 5.45. The van der Waals surface area contributed by atoms with E-state index in [0.29, 0.717) is 6.54 Å². The van der Waals surface area contributed by atoms with Crippen molar-refractivity contribution in [3.05, 3.63) is 52.5 Å². The molecule has 5 heteroatoms. The minimum Gasteiger partial charge on any atom is -0.477 e. The van der Waals surface area contributed by atoms with Crippen LogP contribution in [-0.2, 0) is 6.54 Å². The van der Waals surface area contributed by atoms with Crippen molar-refractivity contribution >= 4 is 21.9 Å². The fraction of sp³-hybridized carbons (Fsp3) is 0.0909. The van der Waals surface area contributed by atoms with Crippen LogP contribution in [-0.4, -0.2) is 20.6 Å². The SMILES string of the molecule is O=C(O)c1cccn1Cc1ccc(Br)cn1. The van der Waals surface area contributed by atoms with Crippen LogP contribution < -0.4 is 0 Å². The number of carbonyl (C=O) groups is 1. The van der Waals surface area contributed by atoms with Crippen molar-refractivity contribution in [1.29, 1.82) is 0 Å². The van der Waals surface area contributed by atoms with Crippen LogP contribution in [0.25, 0.3) is 0 Å². The number of carboxylic acid groups (broad SMARTS) is 1. The maximum Gasteiger partial charge on any atom is 0.352 e. The predicted octanol–water partition coefficient (Wildman–Crippen LogP) is 2.39. The van der Waals surface area contributed by atoms with E-state index >= 15 is 0 Å². The third-order valence-corrected chi connectivity index (χ3v) is 2.64. The number of carboxylic acids is 1. The first kappa shape index (κ1) is 10.9. The van der Waals surface area contributed by atoms with Crippen LogP contribution in [0.15, 0.2) is 41.1 Å². The second-order valence-electron chi connectivity index (χ2n) is 3.29. The predicted molar refractivity (Wildman–Crippen MR) is 62.4 cm³/mol. The quantitative estimate of drug-likeness (QED) is 0.939. The van der Waals surface area contributed by atoms with Gasteiger partial charge in [0.2, 0.25) is 0 Å². The Labute approximate surface area is 101 Å². The van der Waals surface area contributed by atoms with Crippen molar-refractivity contribution in [3.8, 4) is 0 Å². The molecule has 4 nitrogen and oxygen atoms in total. The maximum absolute atomic E-state index is 10.9. The zero-order valence-electron chi connectivity index (χ0n) is 8.30. The average molecular weight is 281 g/mol. The number of nitrogens with zero attached hydrogens (tertiary/aromatic N) is 2. The molecule has 0 atom stereocenters. The standard InChI is InChI=1S/C11H9BrN2O2/c12-8-3-4-9(13-6-8)7-14-5-1-2-10(14)11(15)16/h1-6H,7H2,(H,15,16). The van der Waals surface area contributed by atoms with Crippen molar-refractivity contribution in [1.82, 2.24) is 9.55 Å².